The van der Waals surface area contributed by atoms with E-state index < -0.39 is 0 Å². The maximum absolute atomic E-state index is 5.96. The topological polar surface area (TPSA) is 26.0 Å². The molecule has 0 bridgehead atoms. The third-order valence-corrected chi connectivity index (χ3v) is 2.86. The van der Waals surface area contributed by atoms with Gasteiger partial charge < -0.3 is 5.73 Å². The molecule has 0 fully saturated rings. The predicted molar refractivity (Wildman–Crippen MR) is 69.5 cm³/mol. The summed E-state index contributed by atoms with van der Waals surface area (Å²) in [5.41, 5.74) is 9.44. The molecule has 1 unspecified atom stereocenters. The molecule has 2 aromatic rings. The fourth-order valence-electron chi connectivity index (χ4n) is 1.79. The summed E-state index contributed by atoms with van der Waals surface area (Å²) in [6.45, 7) is 1.99. The van der Waals surface area contributed by atoms with Crippen molar-refractivity contribution in [3.63, 3.8) is 0 Å². The summed E-state index contributed by atoms with van der Waals surface area (Å²) in [6.07, 6.45) is 0. The number of halogens is 1. The van der Waals surface area contributed by atoms with Gasteiger partial charge in [0, 0.05) is 11.1 Å². The molecule has 0 heterocycles. The van der Waals surface area contributed by atoms with Crippen molar-refractivity contribution >= 4 is 11.6 Å². The summed E-state index contributed by atoms with van der Waals surface area (Å²) in [7, 11) is 0. The van der Waals surface area contributed by atoms with Crippen LogP contribution < -0.4 is 5.73 Å². The monoisotopic (exact) mass is 231 g/mol. The molecule has 2 N–H and O–H groups in total. The van der Waals surface area contributed by atoms with Crippen LogP contribution in [0.2, 0.25) is 5.02 Å². The average molecular weight is 232 g/mol. The first-order chi connectivity index (χ1) is 7.68. The SMILES string of the molecule is CC(N)c1ccccc1-c1ccc(Cl)cc1. The second-order valence-electron chi connectivity index (χ2n) is 3.88. The lowest BCUT2D eigenvalue weighted by Gasteiger charge is -2.12. The van der Waals surface area contributed by atoms with Crippen molar-refractivity contribution in [1.29, 1.82) is 0 Å². The minimum absolute atomic E-state index is 0.0341. The molecule has 0 aliphatic carbocycles. The lowest BCUT2D eigenvalue weighted by molar-refractivity contribution is 0.820. The minimum Gasteiger partial charge on any atom is -0.324 e. The molecule has 0 spiro atoms. The van der Waals surface area contributed by atoms with Crippen molar-refractivity contribution in [2.75, 3.05) is 0 Å². The van der Waals surface area contributed by atoms with E-state index in [1.54, 1.807) is 0 Å². The highest BCUT2D eigenvalue weighted by Crippen LogP contribution is 2.27. The number of hydrogen-bond acceptors (Lipinski definition) is 1. The lowest BCUT2D eigenvalue weighted by Crippen LogP contribution is -2.06. The van der Waals surface area contributed by atoms with E-state index in [2.05, 4.69) is 12.1 Å². The highest BCUT2D eigenvalue weighted by molar-refractivity contribution is 6.30. The predicted octanol–water partition coefficient (Wildman–Crippen LogP) is 4.03. The largest absolute Gasteiger partial charge is 0.324 e. The molecule has 16 heavy (non-hydrogen) atoms. The van der Waals surface area contributed by atoms with Crippen molar-refractivity contribution in [1.82, 2.24) is 0 Å². The Hall–Kier alpha value is -1.31. The summed E-state index contributed by atoms with van der Waals surface area (Å²) in [4.78, 5) is 0. The Morgan fingerprint density at radius 2 is 1.62 bits per heavy atom. The molecule has 2 heteroatoms. The van der Waals surface area contributed by atoms with Crippen molar-refractivity contribution in [3.8, 4) is 11.1 Å². The zero-order valence-corrected chi connectivity index (χ0v) is 9.91. The van der Waals surface area contributed by atoms with Crippen molar-refractivity contribution in [3.05, 3.63) is 59.1 Å². The van der Waals surface area contributed by atoms with E-state index in [0.29, 0.717) is 0 Å². The summed E-state index contributed by atoms with van der Waals surface area (Å²) in [5, 5.41) is 0.752. The van der Waals surface area contributed by atoms with Crippen LogP contribution in [0.25, 0.3) is 11.1 Å². The summed E-state index contributed by atoms with van der Waals surface area (Å²) < 4.78 is 0. The highest BCUT2D eigenvalue weighted by atomic mass is 35.5. The van der Waals surface area contributed by atoms with Gasteiger partial charge in [-0.2, -0.15) is 0 Å². The smallest absolute Gasteiger partial charge is 0.0406 e. The third kappa shape index (κ3) is 2.26. The van der Waals surface area contributed by atoms with Crippen LogP contribution in [0.5, 0.6) is 0 Å². The Labute approximate surface area is 101 Å². The molecule has 0 aliphatic heterocycles. The molecule has 0 radical (unpaired) electrons. The Balaban J connectivity index is 2.51. The van der Waals surface area contributed by atoms with Gasteiger partial charge in [0.25, 0.3) is 0 Å². The molecule has 1 nitrogen and oxygen atoms in total. The van der Waals surface area contributed by atoms with Crippen LogP contribution in [0.4, 0.5) is 0 Å². The maximum atomic E-state index is 5.96. The zero-order valence-electron chi connectivity index (χ0n) is 9.15. The number of hydrogen-bond donors (Lipinski definition) is 1. The van der Waals surface area contributed by atoms with Crippen LogP contribution in [0.1, 0.15) is 18.5 Å². The highest BCUT2D eigenvalue weighted by Gasteiger charge is 2.07. The van der Waals surface area contributed by atoms with Gasteiger partial charge in [0.2, 0.25) is 0 Å². The van der Waals surface area contributed by atoms with Crippen LogP contribution in [0.15, 0.2) is 48.5 Å². The van der Waals surface area contributed by atoms with Gasteiger partial charge in [-0.05, 0) is 35.7 Å². The molecule has 2 aromatic carbocycles. The third-order valence-electron chi connectivity index (χ3n) is 2.61. The quantitative estimate of drug-likeness (QED) is 0.830. The number of benzene rings is 2. The molecule has 0 saturated heterocycles. The summed E-state index contributed by atoms with van der Waals surface area (Å²) in [5.74, 6) is 0. The van der Waals surface area contributed by atoms with Crippen LogP contribution >= 0.6 is 11.6 Å². The molecule has 0 saturated carbocycles. The van der Waals surface area contributed by atoms with Gasteiger partial charge in [0.15, 0.2) is 0 Å². The van der Waals surface area contributed by atoms with E-state index in [-0.39, 0.29) is 6.04 Å². The second-order valence-corrected chi connectivity index (χ2v) is 4.32. The molecule has 1 atom stereocenters. The van der Waals surface area contributed by atoms with Gasteiger partial charge in [-0.25, -0.2) is 0 Å². The van der Waals surface area contributed by atoms with Gasteiger partial charge >= 0.3 is 0 Å². The molecule has 0 aromatic heterocycles. The minimum atomic E-state index is 0.0341. The van der Waals surface area contributed by atoms with Crippen LogP contribution in [0, 0.1) is 0 Å². The van der Waals surface area contributed by atoms with Crippen molar-refractivity contribution < 1.29 is 0 Å². The first-order valence-electron chi connectivity index (χ1n) is 5.29. The van der Waals surface area contributed by atoms with Gasteiger partial charge in [-0.15, -0.1) is 0 Å². The van der Waals surface area contributed by atoms with Crippen molar-refractivity contribution in [2.45, 2.75) is 13.0 Å². The molecule has 2 rings (SSSR count). The zero-order chi connectivity index (χ0) is 11.5. The normalized spacial score (nSPS) is 12.4. The standard InChI is InChI=1S/C14H14ClN/c1-10(16)13-4-2-3-5-14(13)11-6-8-12(15)9-7-11/h2-10H,16H2,1H3. The van der Waals surface area contributed by atoms with Gasteiger partial charge in [0.1, 0.15) is 0 Å². The van der Waals surface area contributed by atoms with Crippen LogP contribution in [-0.2, 0) is 0 Å². The van der Waals surface area contributed by atoms with E-state index in [1.165, 1.54) is 5.56 Å². The first kappa shape index (κ1) is 11.2. The maximum Gasteiger partial charge on any atom is 0.0406 e. The van der Waals surface area contributed by atoms with E-state index in [1.807, 2.05) is 43.3 Å². The Bertz CT molecular complexity index is 474. The average Bonchev–Trinajstić information content (AvgIpc) is 2.30. The van der Waals surface area contributed by atoms with Gasteiger partial charge in [-0.1, -0.05) is 48.0 Å². The lowest BCUT2D eigenvalue weighted by atomic mass is 9.96. The Morgan fingerprint density at radius 3 is 2.25 bits per heavy atom. The Kier molecular flexibility index (Phi) is 3.28. The first-order valence-corrected chi connectivity index (χ1v) is 5.67. The van der Waals surface area contributed by atoms with E-state index in [9.17, 15) is 0 Å². The fourth-order valence-corrected chi connectivity index (χ4v) is 1.91. The number of rotatable bonds is 2. The van der Waals surface area contributed by atoms with Gasteiger partial charge in [-0.3, -0.25) is 0 Å². The molecular formula is C14H14ClN. The van der Waals surface area contributed by atoms with E-state index in [0.717, 1.165) is 16.1 Å². The summed E-state index contributed by atoms with van der Waals surface area (Å²) in [6, 6.07) is 16.0. The Morgan fingerprint density at radius 1 is 1.00 bits per heavy atom. The van der Waals surface area contributed by atoms with Crippen LogP contribution in [0.3, 0.4) is 0 Å². The molecular weight excluding hydrogens is 218 g/mol. The molecule has 0 aliphatic rings. The second kappa shape index (κ2) is 4.69. The van der Waals surface area contributed by atoms with Crippen LogP contribution in [-0.4, -0.2) is 0 Å². The summed E-state index contributed by atoms with van der Waals surface area (Å²) >= 11 is 5.88. The van der Waals surface area contributed by atoms with Crippen molar-refractivity contribution in [2.24, 2.45) is 5.73 Å². The van der Waals surface area contributed by atoms with Gasteiger partial charge in [0.05, 0.1) is 0 Å². The molecule has 82 valence electrons. The fraction of sp³-hybridized carbons (Fsp3) is 0.143. The molecule has 0 amide bonds. The number of nitrogens with two attached hydrogens (primary N) is 1. The van der Waals surface area contributed by atoms with E-state index in [4.69, 9.17) is 17.3 Å². The van der Waals surface area contributed by atoms with E-state index >= 15 is 0 Å².